The number of rotatable bonds is 6. The first-order valence-electron chi connectivity index (χ1n) is 8.58. The lowest BCUT2D eigenvalue weighted by Crippen LogP contribution is -2.24. The van der Waals surface area contributed by atoms with Crippen LogP contribution in [0.4, 0.5) is 17.6 Å². The number of hydrogen-bond acceptors (Lipinski definition) is 5. The number of H-pyrrole nitrogens is 2. The van der Waals surface area contributed by atoms with E-state index in [1.165, 1.54) is 19.2 Å². The van der Waals surface area contributed by atoms with Gasteiger partial charge in [-0.15, -0.1) is 11.8 Å². The number of aliphatic hydroxyl groups excluding tert-OH is 1. The molecule has 0 aliphatic rings. The third kappa shape index (κ3) is 4.42. The van der Waals surface area contributed by atoms with E-state index >= 15 is 0 Å². The number of fused-ring (bicyclic) bond motifs is 1. The van der Waals surface area contributed by atoms with Gasteiger partial charge in [-0.3, -0.25) is 9.78 Å². The summed E-state index contributed by atoms with van der Waals surface area (Å²) in [5.41, 5.74) is -3.32. The van der Waals surface area contributed by atoms with Crippen molar-refractivity contribution in [2.75, 3.05) is 19.5 Å². The predicted octanol–water partition coefficient (Wildman–Crippen LogP) is 3.14. The third-order valence-corrected chi connectivity index (χ3v) is 5.62. The Hall–Kier alpha value is -2.63. The van der Waals surface area contributed by atoms with Crippen LogP contribution in [-0.4, -0.2) is 40.6 Å². The van der Waals surface area contributed by atoms with E-state index in [1.807, 2.05) is 4.98 Å². The summed E-state index contributed by atoms with van der Waals surface area (Å²) in [6, 6.07) is 5.05. The SMILES string of the molecule is COC(CO)CSc1c(-c2ccc(F)cc2)c(C(F)(F)F)cc2c(=O)[nH]c(=O)[nH]c12. The van der Waals surface area contributed by atoms with Crippen molar-refractivity contribution in [3.05, 3.63) is 62.6 Å². The van der Waals surface area contributed by atoms with Crippen LogP contribution in [-0.2, 0) is 10.9 Å². The zero-order valence-corrected chi connectivity index (χ0v) is 16.3. The first kappa shape index (κ1) is 22.1. The zero-order valence-electron chi connectivity index (χ0n) is 15.5. The van der Waals surface area contributed by atoms with Crippen LogP contribution in [0, 0.1) is 5.82 Å². The lowest BCUT2D eigenvalue weighted by atomic mass is 9.97. The van der Waals surface area contributed by atoms with Crippen molar-refractivity contribution < 1.29 is 27.4 Å². The van der Waals surface area contributed by atoms with E-state index in [2.05, 4.69) is 4.98 Å². The van der Waals surface area contributed by atoms with Gasteiger partial charge >= 0.3 is 11.9 Å². The monoisotopic (exact) mass is 444 g/mol. The Balaban J connectivity index is 2.41. The van der Waals surface area contributed by atoms with Gasteiger partial charge in [-0.25, -0.2) is 9.18 Å². The molecule has 0 aliphatic heterocycles. The maximum absolute atomic E-state index is 13.9. The average molecular weight is 444 g/mol. The highest BCUT2D eigenvalue weighted by Gasteiger charge is 2.36. The number of aliphatic hydroxyl groups is 1. The van der Waals surface area contributed by atoms with Gasteiger partial charge in [0.15, 0.2) is 0 Å². The zero-order chi connectivity index (χ0) is 22.1. The van der Waals surface area contributed by atoms with Crippen molar-refractivity contribution in [2.45, 2.75) is 17.2 Å². The number of halogens is 4. The molecule has 0 saturated heterocycles. The largest absolute Gasteiger partial charge is 0.417 e. The normalized spacial score (nSPS) is 13.0. The van der Waals surface area contributed by atoms with Gasteiger partial charge in [0.05, 0.1) is 29.2 Å². The first-order chi connectivity index (χ1) is 14.2. The quantitative estimate of drug-likeness (QED) is 0.401. The Morgan fingerprint density at radius 2 is 1.83 bits per heavy atom. The van der Waals surface area contributed by atoms with Gasteiger partial charge in [0.2, 0.25) is 0 Å². The van der Waals surface area contributed by atoms with E-state index in [-0.39, 0.29) is 39.3 Å². The molecule has 3 N–H and O–H groups in total. The summed E-state index contributed by atoms with van der Waals surface area (Å²) in [6.07, 6.45) is -5.54. The molecule has 1 unspecified atom stereocenters. The standard InChI is InChI=1S/C19H16F4N2O4S/c1-29-11(7-26)8-30-16-14(9-2-4-10(20)5-3-9)13(19(21,22)23)6-12-15(16)24-18(28)25-17(12)27/h2-6,11,26H,7-8H2,1H3,(H2,24,25,27,28). The van der Waals surface area contributed by atoms with Crippen molar-refractivity contribution in [2.24, 2.45) is 0 Å². The fourth-order valence-electron chi connectivity index (χ4n) is 2.92. The van der Waals surface area contributed by atoms with E-state index in [1.54, 1.807) is 0 Å². The van der Waals surface area contributed by atoms with Crippen molar-refractivity contribution in [3.63, 3.8) is 0 Å². The molecule has 160 valence electrons. The molecule has 0 fully saturated rings. The number of benzene rings is 2. The summed E-state index contributed by atoms with van der Waals surface area (Å²) in [5, 5.41) is 8.98. The molecule has 11 heteroatoms. The molecular formula is C19H16F4N2O4S. The fraction of sp³-hybridized carbons (Fsp3) is 0.263. The van der Waals surface area contributed by atoms with Gasteiger partial charge in [0, 0.05) is 23.3 Å². The molecule has 0 aliphatic carbocycles. The van der Waals surface area contributed by atoms with Crippen LogP contribution in [0.2, 0.25) is 0 Å². The molecule has 0 bridgehead atoms. The molecule has 0 saturated carbocycles. The first-order valence-corrected chi connectivity index (χ1v) is 9.57. The molecule has 3 aromatic rings. The molecule has 6 nitrogen and oxygen atoms in total. The Bertz CT molecular complexity index is 1170. The van der Waals surface area contributed by atoms with Crippen LogP contribution < -0.4 is 11.2 Å². The number of aromatic amines is 2. The molecule has 0 amide bonds. The summed E-state index contributed by atoms with van der Waals surface area (Å²) < 4.78 is 60.2. The third-order valence-electron chi connectivity index (χ3n) is 4.38. The molecule has 1 aromatic heterocycles. The summed E-state index contributed by atoms with van der Waals surface area (Å²) >= 11 is 0.879. The highest BCUT2D eigenvalue weighted by Crippen LogP contribution is 2.45. The molecule has 0 spiro atoms. The summed E-state index contributed by atoms with van der Waals surface area (Å²) in [7, 11) is 1.33. The van der Waals surface area contributed by atoms with Gasteiger partial charge in [-0.2, -0.15) is 13.2 Å². The Morgan fingerprint density at radius 1 is 1.17 bits per heavy atom. The second kappa shape index (κ2) is 8.62. The van der Waals surface area contributed by atoms with Crippen molar-refractivity contribution >= 4 is 22.7 Å². The number of aromatic nitrogens is 2. The van der Waals surface area contributed by atoms with Gasteiger partial charge in [-0.05, 0) is 23.8 Å². The van der Waals surface area contributed by atoms with Crippen LogP contribution in [0.25, 0.3) is 22.0 Å². The lowest BCUT2D eigenvalue weighted by molar-refractivity contribution is -0.137. The van der Waals surface area contributed by atoms with Crippen LogP contribution in [0.3, 0.4) is 0 Å². The van der Waals surface area contributed by atoms with E-state index in [9.17, 15) is 32.3 Å². The lowest BCUT2D eigenvalue weighted by Gasteiger charge is -2.20. The Morgan fingerprint density at radius 3 is 2.40 bits per heavy atom. The second-order valence-electron chi connectivity index (χ2n) is 6.32. The van der Waals surface area contributed by atoms with E-state index < -0.39 is 34.9 Å². The summed E-state index contributed by atoms with van der Waals surface area (Å²) in [6.45, 7) is -0.386. The summed E-state index contributed by atoms with van der Waals surface area (Å²) in [5.74, 6) is -0.598. The average Bonchev–Trinajstić information content (AvgIpc) is 2.68. The highest BCUT2D eigenvalue weighted by molar-refractivity contribution is 7.99. The number of ether oxygens (including phenoxy) is 1. The van der Waals surface area contributed by atoms with E-state index in [0.717, 1.165) is 23.9 Å². The highest BCUT2D eigenvalue weighted by atomic mass is 32.2. The van der Waals surface area contributed by atoms with Crippen LogP contribution >= 0.6 is 11.8 Å². The van der Waals surface area contributed by atoms with Crippen LogP contribution in [0.1, 0.15) is 5.56 Å². The summed E-state index contributed by atoms with van der Waals surface area (Å²) in [4.78, 5) is 28.3. The van der Waals surface area contributed by atoms with Gasteiger partial charge < -0.3 is 14.8 Å². The minimum atomic E-state index is -4.84. The number of thioether (sulfide) groups is 1. The fourth-order valence-corrected chi connectivity index (χ4v) is 4.19. The van der Waals surface area contributed by atoms with Crippen LogP contribution in [0.5, 0.6) is 0 Å². The topological polar surface area (TPSA) is 95.2 Å². The van der Waals surface area contributed by atoms with Gasteiger partial charge in [0.1, 0.15) is 5.82 Å². The van der Waals surface area contributed by atoms with Crippen molar-refractivity contribution in [3.8, 4) is 11.1 Å². The minimum Gasteiger partial charge on any atom is -0.394 e. The maximum Gasteiger partial charge on any atom is 0.417 e. The van der Waals surface area contributed by atoms with Crippen LogP contribution in [0.15, 0.2) is 44.8 Å². The molecule has 0 radical (unpaired) electrons. The smallest absolute Gasteiger partial charge is 0.394 e. The van der Waals surface area contributed by atoms with Gasteiger partial charge in [-0.1, -0.05) is 12.1 Å². The molecule has 3 rings (SSSR count). The maximum atomic E-state index is 13.9. The number of alkyl halides is 3. The number of hydrogen-bond donors (Lipinski definition) is 3. The second-order valence-corrected chi connectivity index (χ2v) is 7.35. The molecule has 30 heavy (non-hydrogen) atoms. The number of methoxy groups -OCH3 is 1. The molecular weight excluding hydrogens is 428 g/mol. The minimum absolute atomic E-state index is 0.0342. The molecule has 1 atom stereocenters. The van der Waals surface area contributed by atoms with E-state index in [4.69, 9.17) is 4.74 Å². The van der Waals surface area contributed by atoms with Gasteiger partial charge in [0.25, 0.3) is 5.56 Å². The number of nitrogens with one attached hydrogen (secondary N) is 2. The van der Waals surface area contributed by atoms with Crippen molar-refractivity contribution in [1.29, 1.82) is 0 Å². The molecule has 2 aromatic carbocycles. The molecule has 1 heterocycles. The Kier molecular flexibility index (Phi) is 6.34. The van der Waals surface area contributed by atoms with E-state index in [0.29, 0.717) is 6.07 Å². The Labute approximate surface area is 170 Å². The predicted molar refractivity (Wildman–Crippen MR) is 104 cm³/mol. The van der Waals surface area contributed by atoms with Crippen molar-refractivity contribution in [1.82, 2.24) is 9.97 Å².